The number of carbonyl (C=O) groups is 1. The minimum absolute atomic E-state index is 0.450. The summed E-state index contributed by atoms with van der Waals surface area (Å²) in [5.74, 6) is -1.74. The van der Waals surface area contributed by atoms with E-state index in [1.165, 1.54) is 0 Å². The second kappa shape index (κ2) is 4.23. The molecular formula is C7H10FO7P. The Hall–Kier alpha value is -0.790. The zero-order chi connectivity index (χ0) is 12.7. The minimum atomic E-state index is -4.85. The fraction of sp³-hybridized carbons (Fsp3) is 0.571. The summed E-state index contributed by atoms with van der Waals surface area (Å²) in [5, 5.41) is 26.9. The van der Waals surface area contributed by atoms with Gasteiger partial charge in [0, 0.05) is 0 Å². The first-order valence-corrected chi connectivity index (χ1v) is 5.85. The molecule has 0 unspecified atom stereocenters. The first-order chi connectivity index (χ1) is 7.16. The van der Waals surface area contributed by atoms with Crippen molar-refractivity contribution in [3.63, 3.8) is 0 Å². The molecule has 5 N–H and O–H groups in total. The molecule has 0 aromatic carbocycles. The molecule has 0 saturated carbocycles. The lowest BCUT2D eigenvalue weighted by molar-refractivity contribution is -0.134. The number of hydrogen-bond donors (Lipinski definition) is 5. The Bertz CT molecular complexity index is 375. The van der Waals surface area contributed by atoms with Gasteiger partial charge in [0.05, 0.1) is 5.57 Å². The van der Waals surface area contributed by atoms with Gasteiger partial charge in [0.25, 0.3) is 0 Å². The predicted molar refractivity (Wildman–Crippen MR) is 48.5 cm³/mol. The van der Waals surface area contributed by atoms with Gasteiger partial charge in [-0.2, -0.15) is 0 Å². The van der Waals surface area contributed by atoms with E-state index in [-0.39, 0.29) is 0 Å². The summed E-state index contributed by atoms with van der Waals surface area (Å²) in [4.78, 5) is 28.1. The van der Waals surface area contributed by atoms with Crippen molar-refractivity contribution >= 4 is 13.6 Å². The highest BCUT2D eigenvalue weighted by Gasteiger charge is 2.47. The van der Waals surface area contributed by atoms with E-state index in [1.807, 2.05) is 0 Å². The highest BCUT2D eigenvalue weighted by molar-refractivity contribution is 7.52. The molecule has 0 radical (unpaired) electrons. The number of halogens is 1. The Morgan fingerprint density at radius 2 is 1.81 bits per heavy atom. The summed E-state index contributed by atoms with van der Waals surface area (Å²) in [7, 11) is -4.85. The molecule has 0 aromatic rings. The van der Waals surface area contributed by atoms with Crippen LogP contribution in [0, 0.1) is 0 Å². The van der Waals surface area contributed by atoms with Gasteiger partial charge in [-0.15, -0.1) is 0 Å². The number of rotatable bonds is 2. The van der Waals surface area contributed by atoms with Crippen LogP contribution in [0.2, 0.25) is 0 Å². The first-order valence-electron chi connectivity index (χ1n) is 4.16. The molecule has 0 spiro atoms. The zero-order valence-electron chi connectivity index (χ0n) is 7.76. The van der Waals surface area contributed by atoms with E-state index >= 15 is 0 Å². The summed E-state index contributed by atoms with van der Waals surface area (Å²) in [6, 6.07) is 0. The standard InChI is InChI=1S/C7H10FO7P/c8-4-2(7(11)12)1-3(16(13,14)15)5(9)6(4)10/h1,3-6,9-10H,(H,11,12)(H2,13,14,15)/t3-,4-,5-,6-/m1/s1. The van der Waals surface area contributed by atoms with Crippen LogP contribution < -0.4 is 0 Å². The number of aliphatic carboxylic acids is 1. The van der Waals surface area contributed by atoms with Gasteiger partial charge in [-0.05, 0) is 0 Å². The molecule has 1 rings (SSSR count). The molecule has 0 bridgehead atoms. The van der Waals surface area contributed by atoms with Gasteiger partial charge in [0.1, 0.15) is 17.9 Å². The van der Waals surface area contributed by atoms with E-state index < -0.39 is 43.2 Å². The van der Waals surface area contributed by atoms with Gasteiger partial charge in [-0.3, -0.25) is 4.57 Å². The quantitative estimate of drug-likeness (QED) is 0.384. The van der Waals surface area contributed by atoms with E-state index in [0.29, 0.717) is 6.08 Å². The molecule has 92 valence electrons. The largest absolute Gasteiger partial charge is 0.478 e. The lowest BCUT2D eigenvalue weighted by Gasteiger charge is -2.32. The van der Waals surface area contributed by atoms with E-state index in [4.69, 9.17) is 20.0 Å². The van der Waals surface area contributed by atoms with Crippen LogP contribution in [0.25, 0.3) is 0 Å². The van der Waals surface area contributed by atoms with Gasteiger partial charge in [0.15, 0.2) is 6.17 Å². The van der Waals surface area contributed by atoms with Crippen LogP contribution in [-0.4, -0.2) is 55.1 Å². The normalized spacial score (nSPS) is 35.7. The molecule has 0 saturated heterocycles. The van der Waals surface area contributed by atoms with Crippen molar-refractivity contribution in [1.82, 2.24) is 0 Å². The van der Waals surface area contributed by atoms with E-state index in [1.54, 1.807) is 0 Å². The summed E-state index contributed by atoms with van der Waals surface area (Å²) in [6.07, 6.45) is -6.14. The molecule has 0 fully saturated rings. The topological polar surface area (TPSA) is 135 Å². The third kappa shape index (κ3) is 2.31. The number of aliphatic hydroxyl groups is 2. The van der Waals surface area contributed by atoms with Gasteiger partial charge in [-0.25, -0.2) is 9.18 Å². The molecule has 1 aliphatic rings. The first kappa shape index (κ1) is 13.3. The Labute approximate surface area is 89.0 Å². The molecule has 16 heavy (non-hydrogen) atoms. The molecule has 4 atom stereocenters. The third-order valence-corrected chi connectivity index (χ3v) is 3.51. The molecule has 7 nitrogen and oxygen atoms in total. The number of alkyl halides is 1. The molecule has 9 heteroatoms. The fourth-order valence-electron chi connectivity index (χ4n) is 1.42. The second-order valence-electron chi connectivity index (χ2n) is 3.39. The number of aliphatic hydroxyl groups excluding tert-OH is 2. The number of hydrogen-bond acceptors (Lipinski definition) is 4. The minimum Gasteiger partial charge on any atom is -0.478 e. The second-order valence-corrected chi connectivity index (χ2v) is 5.16. The van der Waals surface area contributed by atoms with Crippen molar-refractivity contribution < 1.29 is 38.9 Å². The Morgan fingerprint density at radius 1 is 1.31 bits per heavy atom. The lowest BCUT2D eigenvalue weighted by atomic mass is 9.92. The molecule has 0 heterocycles. The zero-order valence-corrected chi connectivity index (χ0v) is 8.66. The van der Waals surface area contributed by atoms with Crippen molar-refractivity contribution in [3.8, 4) is 0 Å². The van der Waals surface area contributed by atoms with Crippen LogP contribution in [0.3, 0.4) is 0 Å². The van der Waals surface area contributed by atoms with Gasteiger partial charge < -0.3 is 25.1 Å². The maximum atomic E-state index is 13.2. The Kier molecular flexibility index (Phi) is 3.51. The fourth-order valence-corrected chi connectivity index (χ4v) is 2.35. The lowest BCUT2D eigenvalue weighted by Crippen LogP contribution is -2.47. The van der Waals surface area contributed by atoms with Gasteiger partial charge >= 0.3 is 13.6 Å². The van der Waals surface area contributed by atoms with Gasteiger partial charge in [0.2, 0.25) is 0 Å². The van der Waals surface area contributed by atoms with Crippen molar-refractivity contribution in [3.05, 3.63) is 11.6 Å². The van der Waals surface area contributed by atoms with Crippen LogP contribution >= 0.6 is 7.60 Å². The van der Waals surface area contributed by atoms with E-state index in [9.17, 15) is 18.9 Å². The average Bonchev–Trinajstić information content (AvgIpc) is 2.11. The van der Waals surface area contributed by atoms with Crippen LogP contribution in [0.5, 0.6) is 0 Å². The number of carboxylic acid groups (broad SMARTS) is 1. The third-order valence-electron chi connectivity index (χ3n) is 2.28. The van der Waals surface area contributed by atoms with Crippen LogP contribution in [0.1, 0.15) is 0 Å². The maximum absolute atomic E-state index is 13.2. The van der Waals surface area contributed by atoms with E-state index in [2.05, 4.69) is 0 Å². The average molecular weight is 256 g/mol. The van der Waals surface area contributed by atoms with Crippen molar-refractivity contribution in [2.45, 2.75) is 24.0 Å². The summed E-state index contributed by atoms with van der Waals surface area (Å²) < 4.78 is 24.1. The summed E-state index contributed by atoms with van der Waals surface area (Å²) in [6.45, 7) is 0. The highest BCUT2D eigenvalue weighted by atomic mass is 31.2. The predicted octanol–water partition coefficient (Wildman–Crippen LogP) is -1.38. The smallest absolute Gasteiger partial charge is 0.335 e. The highest BCUT2D eigenvalue weighted by Crippen LogP contribution is 2.47. The van der Waals surface area contributed by atoms with Crippen LogP contribution in [-0.2, 0) is 9.36 Å². The summed E-state index contributed by atoms with van der Waals surface area (Å²) >= 11 is 0. The maximum Gasteiger partial charge on any atom is 0.335 e. The van der Waals surface area contributed by atoms with Gasteiger partial charge in [-0.1, -0.05) is 6.08 Å². The van der Waals surface area contributed by atoms with Crippen LogP contribution in [0.4, 0.5) is 4.39 Å². The molecule has 1 aliphatic carbocycles. The Balaban J connectivity index is 3.21. The monoisotopic (exact) mass is 256 g/mol. The molecule has 0 amide bonds. The molecular weight excluding hydrogens is 246 g/mol. The van der Waals surface area contributed by atoms with Crippen molar-refractivity contribution in [2.24, 2.45) is 0 Å². The Morgan fingerprint density at radius 3 is 2.19 bits per heavy atom. The molecule has 0 aliphatic heterocycles. The van der Waals surface area contributed by atoms with E-state index in [0.717, 1.165) is 0 Å². The summed E-state index contributed by atoms with van der Waals surface area (Å²) in [5.41, 5.74) is -2.88. The molecule has 0 aromatic heterocycles. The van der Waals surface area contributed by atoms with Crippen molar-refractivity contribution in [2.75, 3.05) is 0 Å². The van der Waals surface area contributed by atoms with Crippen LogP contribution in [0.15, 0.2) is 11.6 Å². The number of carboxylic acids is 1. The van der Waals surface area contributed by atoms with Crippen molar-refractivity contribution in [1.29, 1.82) is 0 Å². The SMILES string of the molecule is O=C(O)C1=C[C@@H](P(=O)(O)O)[C@@H](O)[C@H](O)[C@@H]1F.